The second kappa shape index (κ2) is 2.15. The number of hydrogen-bond donors (Lipinski definition) is 0. The highest BCUT2D eigenvalue weighted by molar-refractivity contribution is 5.42. The molecule has 0 nitrogen and oxygen atoms in total. The molecule has 0 aromatic carbocycles. The summed E-state index contributed by atoms with van der Waals surface area (Å²) in [7, 11) is 0. The molecule has 10 fully saturated rings. The van der Waals surface area contributed by atoms with Crippen molar-refractivity contribution in [3.8, 4) is 0 Å². The fourth-order valence-electron chi connectivity index (χ4n) is 14.2. The van der Waals surface area contributed by atoms with Crippen molar-refractivity contribution in [1.82, 2.24) is 0 Å². The highest BCUT2D eigenvalue weighted by atomic mass is 15.0. The van der Waals surface area contributed by atoms with Crippen LogP contribution in [0, 0.1) is 100 Å². The standard InChI is InChI=1S/C21H24/c1-5-6-2-10-9(1)17-13(5)14(6)18(10)21(17)19-11-3-7-8-4-12(11)20(21)16(8)15(7)19/h5-20H,1-4H2. The molecule has 0 amide bonds. The molecule has 108 valence electrons. The molecule has 1 spiro atoms. The lowest BCUT2D eigenvalue weighted by Crippen LogP contribution is -2.40. The molecule has 0 heterocycles. The SMILES string of the molecule is C1C2C3CC4C1C1C2C3C4C12C1C3CC4C5CC3C2C5C41. The summed E-state index contributed by atoms with van der Waals surface area (Å²) in [6.45, 7) is 0. The van der Waals surface area contributed by atoms with E-state index in [1.807, 2.05) is 0 Å². The average Bonchev–Trinajstić information content (AvgIpc) is 3.15. The molecular weight excluding hydrogens is 252 g/mol. The Labute approximate surface area is 126 Å². The molecule has 16 atom stereocenters. The topological polar surface area (TPSA) is 0 Å². The van der Waals surface area contributed by atoms with E-state index in [1.165, 1.54) is 94.7 Å². The maximum absolute atomic E-state index is 1.73. The van der Waals surface area contributed by atoms with Crippen LogP contribution in [-0.4, -0.2) is 0 Å². The van der Waals surface area contributed by atoms with Gasteiger partial charge in [0.1, 0.15) is 0 Å². The summed E-state index contributed by atoms with van der Waals surface area (Å²) in [6.07, 6.45) is 6.93. The smallest absolute Gasteiger partial charge is 0.0162 e. The van der Waals surface area contributed by atoms with E-state index in [0.29, 0.717) is 0 Å². The van der Waals surface area contributed by atoms with Crippen LogP contribution in [0.1, 0.15) is 25.7 Å². The molecule has 10 rings (SSSR count). The fraction of sp³-hybridized carbons (Fsp3) is 1.00. The molecule has 0 aromatic rings. The minimum Gasteiger partial charge on any atom is -0.0465 e. The van der Waals surface area contributed by atoms with E-state index in [4.69, 9.17) is 0 Å². The second-order valence-electron chi connectivity index (χ2n) is 11.7. The van der Waals surface area contributed by atoms with Crippen LogP contribution < -0.4 is 0 Å². The van der Waals surface area contributed by atoms with E-state index in [2.05, 4.69) is 0 Å². The predicted octanol–water partition coefficient (Wildman–Crippen LogP) is 3.53. The van der Waals surface area contributed by atoms with Crippen molar-refractivity contribution in [3.63, 3.8) is 0 Å². The zero-order valence-corrected chi connectivity index (χ0v) is 12.6. The van der Waals surface area contributed by atoms with Gasteiger partial charge in [0, 0.05) is 0 Å². The van der Waals surface area contributed by atoms with Gasteiger partial charge in [-0.05, 0) is 126 Å². The molecule has 0 aliphatic heterocycles. The van der Waals surface area contributed by atoms with Crippen molar-refractivity contribution >= 4 is 0 Å². The highest BCUT2D eigenvalue weighted by Crippen LogP contribution is 2.99. The Balaban J connectivity index is 1.35. The van der Waals surface area contributed by atoms with E-state index in [9.17, 15) is 0 Å². The summed E-state index contributed by atoms with van der Waals surface area (Å²) >= 11 is 0. The van der Waals surface area contributed by atoms with Gasteiger partial charge in [-0.15, -0.1) is 0 Å². The lowest BCUT2D eigenvalue weighted by Gasteiger charge is -2.45. The first-order chi connectivity index (χ1) is 10.4. The molecule has 4 bridgehead atoms. The molecule has 0 radical (unpaired) electrons. The summed E-state index contributed by atoms with van der Waals surface area (Å²) in [4.78, 5) is 0. The third kappa shape index (κ3) is 0.517. The van der Waals surface area contributed by atoms with Gasteiger partial charge in [-0.25, -0.2) is 0 Å². The maximum Gasteiger partial charge on any atom is -0.0162 e. The van der Waals surface area contributed by atoms with Crippen molar-refractivity contribution < 1.29 is 0 Å². The van der Waals surface area contributed by atoms with Crippen LogP contribution in [0.5, 0.6) is 0 Å². The Bertz CT molecular complexity index is 544. The quantitative estimate of drug-likeness (QED) is 0.635. The van der Waals surface area contributed by atoms with Crippen LogP contribution in [0.2, 0.25) is 0 Å². The Morgan fingerprint density at radius 1 is 0.381 bits per heavy atom. The predicted molar refractivity (Wildman–Crippen MR) is 76.7 cm³/mol. The van der Waals surface area contributed by atoms with Gasteiger partial charge in [0.05, 0.1) is 0 Å². The molecule has 0 heteroatoms. The second-order valence-corrected chi connectivity index (χ2v) is 11.7. The maximum atomic E-state index is 1.73. The lowest BCUT2D eigenvalue weighted by atomic mass is 9.60. The summed E-state index contributed by atoms with van der Waals surface area (Å²) in [5.74, 6) is 20.6. The molecule has 10 saturated carbocycles. The first-order valence-corrected chi connectivity index (χ1v) is 10.4. The number of hydrogen-bond acceptors (Lipinski definition) is 0. The largest absolute Gasteiger partial charge is 0.0465 e. The van der Waals surface area contributed by atoms with E-state index >= 15 is 0 Å². The van der Waals surface area contributed by atoms with E-state index in [-0.39, 0.29) is 0 Å². The van der Waals surface area contributed by atoms with Gasteiger partial charge in [-0.3, -0.25) is 0 Å². The third-order valence-electron chi connectivity index (χ3n) is 13.1. The zero-order valence-electron chi connectivity index (χ0n) is 12.6. The van der Waals surface area contributed by atoms with Gasteiger partial charge >= 0.3 is 0 Å². The van der Waals surface area contributed by atoms with Crippen LogP contribution in [0.15, 0.2) is 0 Å². The zero-order chi connectivity index (χ0) is 12.6. The molecule has 10 aliphatic carbocycles. The summed E-state index contributed by atoms with van der Waals surface area (Å²) in [5.41, 5.74) is 1.01. The van der Waals surface area contributed by atoms with Crippen LogP contribution in [0.4, 0.5) is 0 Å². The van der Waals surface area contributed by atoms with Crippen LogP contribution >= 0.6 is 0 Å². The first-order valence-electron chi connectivity index (χ1n) is 10.4. The van der Waals surface area contributed by atoms with Crippen molar-refractivity contribution in [3.05, 3.63) is 0 Å². The normalized spacial score (nSPS) is 96.0. The van der Waals surface area contributed by atoms with Gasteiger partial charge < -0.3 is 0 Å². The van der Waals surface area contributed by atoms with Crippen molar-refractivity contribution in [2.24, 2.45) is 100 Å². The Morgan fingerprint density at radius 2 is 0.667 bits per heavy atom. The van der Waals surface area contributed by atoms with E-state index in [0.717, 1.165) is 5.41 Å². The summed E-state index contributed by atoms with van der Waals surface area (Å²) in [6, 6.07) is 0. The molecular formula is C21H24. The van der Waals surface area contributed by atoms with Gasteiger partial charge in [0.25, 0.3) is 0 Å². The van der Waals surface area contributed by atoms with Gasteiger partial charge in [0.2, 0.25) is 0 Å². The Hall–Kier alpha value is 0. The number of fused-ring (bicyclic) bond motifs is 4. The van der Waals surface area contributed by atoms with E-state index < -0.39 is 0 Å². The summed E-state index contributed by atoms with van der Waals surface area (Å²) < 4.78 is 0. The van der Waals surface area contributed by atoms with Crippen LogP contribution in [-0.2, 0) is 0 Å². The molecule has 0 saturated heterocycles. The van der Waals surface area contributed by atoms with E-state index in [1.54, 1.807) is 25.7 Å². The van der Waals surface area contributed by atoms with Crippen LogP contribution in [0.25, 0.3) is 0 Å². The minimum atomic E-state index is 1.01. The highest BCUT2D eigenvalue weighted by Gasteiger charge is 2.95. The molecule has 0 N–H and O–H groups in total. The van der Waals surface area contributed by atoms with Crippen LogP contribution in [0.3, 0.4) is 0 Å². The van der Waals surface area contributed by atoms with Gasteiger partial charge in [-0.2, -0.15) is 0 Å². The fourth-order valence-corrected chi connectivity index (χ4v) is 14.2. The average molecular weight is 276 g/mol. The van der Waals surface area contributed by atoms with Crippen molar-refractivity contribution in [2.75, 3.05) is 0 Å². The monoisotopic (exact) mass is 276 g/mol. The number of rotatable bonds is 0. The minimum absolute atomic E-state index is 1.01. The molecule has 10 aliphatic rings. The molecule has 21 heavy (non-hydrogen) atoms. The third-order valence-corrected chi connectivity index (χ3v) is 13.1. The first kappa shape index (κ1) is 9.33. The van der Waals surface area contributed by atoms with Crippen molar-refractivity contribution in [2.45, 2.75) is 25.7 Å². The molecule has 0 aromatic heterocycles. The Kier molecular flexibility index (Phi) is 0.954. The van der Waals surface area contributed by atoms with Gasteiger partial charge in [-0.1, -0.05) is 0 Å². The Morgan fingerprint density at radius 3 is 0.952 bits per heavy atom. The summed E-state index contributed by atoms with van der Waals surface area (Å²) in [5, 5.41) is 0. The lowest BCUT2D eigenvalue weighted by molar-refractivity contribution is 0.0250. The van der Waals surface area contributed by atoms with Gasteiger partial charge in [0.15, 0.2) is 0 Å². The molecule has 16 unspecified atom stereocenters. The van der Waals surface area contributed by atoms with Crippen molar-refractivity contribution in [1.29, 1.82) is 0 Å².